The highest BCUT2D eigenvalue weighted by Crippen LogP contribution is 2.13. The van der Waals surface area contributed by atoms with Gasteiger partial charge in [0.05, 0.1) is 17.4 Å². The van der Waals surface area contributed by atoms with Gasteiger partial charge in [-0.15, -0.1) is 0 Å². The Hall–Kier alpha value is -0.320. The van der Waals surface area contributed by atoms with Crippen molar-refractivity contribution in [2.45, 2.75) is 19.0 Å². The second-order valence-electron chi connectivity index (χ2n) is 3.06. The first-order valence-corrected chi connectivity index (χ1v) is 6.45. The highest BCUT2D eigenvalue weighted by atomic mass is 35.5. The van der Waals surface area contributed by atoms with Gasteiger partial charge in [0.25, 0.3) is 0 Å². The van der Waals surface area contributed by atoms with Crippen LogP contribution in [0.3, 0.4) is 0 Å². The van der Waals surface area contributed by atoms with Crippen LogP contribution in [-0.2, 0) is 0 Å². The maximum Gasteiger partial charge on any atom is 0.187 e. The summed E-state index contributed by atoms with van der Waals surface area (Å²) in [6.07, 6.45) is 3.27. The van der Waals surface area contributed by atoms with E-state index >= 15 is 0 Å². The molecule has 15 heavy (non-hydrogen) atoms. The summed E-state index contributed by atoms with van der Waals surface area (Å²) >= 11 is 7.36. The highest BCUT2D eigenvalue weighted by Gasteiger charge is 2.01. The van der Waals surface area contributed by atoms with Crippen molar-refractivity contribution in [1.29, 1.82) is 0 Å². The summed E-state index contributed by atoms with van der Waals surface area (Å²) in [7, 11) is 0. The summed E-state index contributed by atoms with van der Waals surface area (Å²) < 4.78 is 0. The number of rotatable bonds is 6. The number of hydrogen-bond donors (Lipinski definition) is 0. The summed E-state index contributed by atoms with van der Waals surface area (Å²) in [6.45, 7) is 7.61. The fourth-order valence-electron chi connectivity index (χ4n) is 1.18. The van der Waals surface area contributed by atoms with E-state index in [1.54, 1.807) is 24.2 Å². The van der Waals surface area contributed by atoms with Crippen molar-refractivity contribution in [2.75, 3.05) is 25.4 Å². The Balaban J connectivity index is 2.28. The molecule has 0 saturated carbocycles. The monoisotopic (exact) mass is 245 g/mol. The lowest BCUT2D eigenvalue weighted by molar-refractivity contribution is 0.324. The molecule has 0 aromatic carbocycles. The lowest BCUT2D eigenvalue weighted by Crippen LogP contribution is -2.25. The molecule has 0 saturated heterocycles. The fourth-order valence-corrected chi connectivity index (χ4v) is 2.06. The molecule has 0 aliphatic rings. The molecule has 3 nitrogen and oxygen atoms in total. The molecule has 0 bridgehead atoms. The lowest BCUT2D eigenvalue weighted by Gasteiger charge is -2.16. The summed E-state index contributed by atoms with van der Waals surface area (Å²) in [6, 6.07) is 0. The van der Waals surface area contributed by atoms with Gasteiger partial charge < -0.3 is 4.90 Å². The maximum atomic E-state index is 5.70. The Bertz CT molecular complexity index is 275. The lowest BCUT2D eigenvalue weighted by atomic mass is 10.5. The number of nitrogens with zero attached hydrogens (tertiary/aromatic N) is 3. The smallest absolute Gasteiger partial charge is 0.187 e. The summed E-state index contributed by atoms with van der Waals surface area (Å²) in [5, 5.41) is 1.38. The molecule has 84 valence electrons. The molecular weight excluding hydrogens is 230 g/mol. The third-order valence-electron chi connectivity index (χ3n) is 2.13. The number of hydrogen-bond acceptors (Lipinski definition) is 4. The quantitative estimate of drug-likeness (QED) is 0.569. The molecule has 0 fully saturated rings. The van der Waals surface area contributed by atoms with Gasteiger partial charge in [0.15, 0.2) is 5.16 Å². The average molecular weight is 246 g/mol. The van der Waals surface area contributed by atoms with E-state index < -0.39 is 0 Å². The minimum absolute atomic E-state index is 0.586. The van der Waals surface area contributed by atoms with Gasteiger partial charge in [0.2, 0.25) is 0 Å². The molecule has 1 rings (SSSR count). The fraction of sp³-hybridized carbons (Fsp3) is 0.600. The van der Waals surface area contributed by atoms with Crippen LogP contribution in [0.2, 0.25) is 5.02 Å². The van der Waals surface area contributed by atoms with E-state index in [2.05, 4.69) is 28.7 Å². The van der Waals surface area contributed by atoms with Gasteiger partial charge in [-0.25, -0.2) is 9.97 Å². The number of thioether (sulfide) groups is 1. The van der Waals surface area contributed by atoms with Crippen molar-refractivity contribution in [3.63, 3.8) is 0 Å². The normalized spacial score (nSPS) is 10.9. The molecule has 0 unspecified atom stereocenters. The maximum absolute atomic E-state index is 5.70. The first-order valence-electron chi connectivity index (χ1n) is 5.09. The summed E-state index contributed by atoms with van der Waals surface area (Å²) in [4.78, 5) is 10.6. The Morgan fingerprint density at radius 2 is 1.87 bits per heavy atom. The van der Waals surface area contributed by atoms with E-state index in [0.29, 0.717) is 5.02 Å². The van der Waals surface area contributed by atoms with Crippen molar-refractivity contribution in [3.05, 3.63) is 17.4 Å². The molecule has 1 heterocycles. The van der Waals surface area contributed by atoms with Crippen molar-refractivity contribution < 1.29 is 0 Å². The van der Waals surface area contributed by atoms with Crippen molar-refractivity contribution in [1.82, 2.24) is 14.9 Å². The van der Waals surface area contributed by atoms with E-state index in [1.165, 1.54) is 0 Å². The molecule has 0 aliphatic carbocycles. The van der Waals surface area contributed by atoms with Crippen LogP contribution in [0.5, 0.6) is 0 Å². The van der Waals surface area contributed by atoms with Gasteiger partial charge in [-0.3, -0.25) is 0 Å². The number of aromatic nitrogens is 2. The molecule has 0 N–H and O–H groups in total. The van der Waals surface area contributed by atoms with Gasteiger partial charge in [0.1, 0.15) is 0 Å². The second-order valence-corrected chi connectivity index (χ2v) is 4.56. The Labute approximate surface area is 100 Å². The average Bonchev–Trinajstić information content (AvgIpc) is 2.27. The number of halogens is 1. The van der Waals surface area contributed by atoms with Crippen LogP contribution in [0.15, 0.2) is 17.6 Å². The van der Waals surface area contributed by atoms with Crippen LogP contribution in [0.25, 0.3) is 0 Å². The van der Waals surface area contributed by atoms with Gasteiger partial charge in [-0.05, 0) is 13.1 Å². The standard InChI is InChI=1S/C10H16ClN3S/c1-3-14(4-2)5-6-15-10-12-7-9(11)8-13-10/h7-8H,3-6H2,1-2H3. The second kappa shape index (κ2) is 7.04. The van der Waals surface area contributed by atoms with Crippen LogP contribution >= 0.6 is 23.4 Å². The predicted molar refractivity (Wildman–Crippen MR) is 65.6 cm³/mol. The molecule has 0 spiro atoms. The van der Waals surface area contributed by atoms with Crippen LogP contribution in [0, 0.1) is 0 Å². The highest BCUT2D eigenvalue weighted by molar-refractivity contribution is 7.99. The largest absolute Gasteiger partial charge is 0.303 e. The molecule has 0 radical (unpaired) electrons. The summed E-state index contributed by atoms with van der Waals surface area (Å²) in [5.74, 6) is 1.02. The predicted octanol–water partition coefficient (Wildman–Crippen LogP) is 2.56. The Morgan fingerprint density at radius 1 is 1.27 bits per heavy atom. The van der Waals surface area contributed by atoms with Gasteiger partial charge in [-0.1, -0.05) is 37.2 Å². The van der Waals surface area contributed by atoms with Crippen LogP contribution < -0.4 is 0 Å². The third-order valence-corrected chi connectivity index (χ3v) is 3.18. The minimum Gasteiger partial charge on any atom is -0.303 e. The molecular formula is C10H16ClN3S. The molecule has 0 amide bonds. The van der Waals surface area contributed by atoms with E-state index in [1.807, 2.05) is 0 Å². The SMILES string of the molecule is CCN(CC)CCSc1ncc(Cl)cn1. The van der Waals surface area contributed by atoms with E-state index in [9.17, 15) is 0 Å². The first kappa shape index (κ1) is 12.7. The Kier molecular flexibility index (Phi) is 5.98. The third kappa shape index (κ3) is 4.82. The van der Waals surface area contributed by atoms with Crippen molar-refractivity contribution in [3.8, 4) is 0 Å². The molecule has 0 aliphatic heterocycles. The van der Waals surface area contributed by atoms with Crippen LogP contribution in [0.1, 0.15) is 13.8 Å². The van der Waals surface area contributed by atoms with E-state index in [-0.39, 0.29) is 0 Å². The van der Waals surface area contributed by atoms with Crippen LogP contribution in [0.4, 0.5) is 0 Å². The van der Waals surface area contributed by atoms with Gasteiger partial charge in [0, 0.05) is 12.3 Å². The molecule has 5 heteroatoms. The first-order chi connectivity index (χ1) is 7.26. The zero-order chi connectivity index (χ0) is 11.1. The molecule has 1 aromatic heterocycles. The minimum atomic E-state index is 0.586. The molecule has 1 aromatic rings. The molecule has 0 atom stereocenters. The van der Waals surface area contributed by atoms with Crippen molar-refractivity contribution in [2.24, 2.45) is 0 Å². The van der Waals surface area contributed by atoms with E-state index in [4.69, 9.17) is 11.6 Å². The summed E-state index contributed by atoms with van der Waals surface area (Å²) in [5.41, 5.74) is 0. The topological polar surface area (TPSA) is 29.0 Å². The van der Waals surface area contributed by atoms with Crippen LogP contribution in [-0.4, -0.2) is 40.3 Å². The van der Waals surface area contributed by atoms with Gasteiger partial charge >= 0.3 is 0 Å². The zero-order valence-electron chi connectivity index (χ0n) is 9.11. The van der Waals surface area contributed by atoms with Crippen molar-refractivity contribution >= 4 is 23.4 Å². The zero-order valence-corrected chi connectivity index (χ0v) is 10.7. The Morgan fingerprint density at radius 3 is 2.40 bits per heavy atom. The van der Waals surface area contributed by atoms with E-state index in [0.717, 1.165) is 30.5 Å². The van der Waals surface area contributed by atoms with Gasteiger partial charge in [-0.2, -0.15) is 0 Å².